The Bertz CT molecular complexity index is 1110. The Hall–Kier alpha value is -2.66. The molecule has 0 N–H and O–H groups in total. The Labute approximate surface area is 151 Å². The second kappa shape index (κ2) is 6.33. The van der Waals surface area contributed by atoms with Crippen molar-refractivity contribution in [2.75, 3.05) is 7.11 Å². The zero-order valence-electron chi connectivity index (χ0n) is 13.3. The van der Waals surface area contributed by atoms with Crippen LogP contribution in [0, 0.1) is 5.82 Å². The average Bonchev–Trinajstić information content (AvgIpc) is 2.63. The molecule has 0 aliphatic rings. The SMILES string of the molecule is COc1cc(N=c2c3ccccc3oc3ccccc23)c(Br)cc1F. The number of nitrogens with zero attached hydrogens (tertiary/aromatic N) is 1. The molecule has 0 aliphatic carbocycles. The van der Waals surface area contributed by atoms with Gasteiger partial charge in [-0.25, -0.2) is 9.38 Å². The summed E-state index contributed by atoms with van der Waals surface area (Å²) < 4.78 is 25.5. The Morgan fingerprint density at radius 3 is 2.16 bits per heavy atom. The molecule has 0 aliphatic heterocycles. The molecule has 25 heavy (non-hydrogen) atoms. The zero-order chi connectivity index (χ0) is 17.4. The van der Waals surface area contributed by atoms with Crippen molar-refractivity contribution in [2.45, 2.75) is 0 Å². The molecule has 0 saturated carbocycles. The molecule has 124 valence electrons. The zero-order valence-corrected chi connectivity index (χ0v) is 14.9. The van der Waals surface area contributed by atoms with Crippen molar-refractivity contribution in [3.63, 3.8) is 0 Å². The molecule has 4 rings (SSSR count). The van der Waals surface area contributed by atoms with Crippen molar-refractivity contribution in [3.8, 4) is 5.75 Å². The molecule has 4 aromatic rings. The number of hydrogen-bond donors (Lipinski definition) is 0. The number of ether oxygens (including phenoxy) is 1. The lowest BCUT2D eigenvalue weighted by Crippen LogP contribution is -2.04. The third-order valence-corrected chi connectivity index (χ3v) is 4.59. The summed E-state index contributed by atoms with van der Waals surface area (Å²) in [7, 11) is 1.43. The van der Waals surface area contributed by atoms with Crippen molar-refractivity contribution in [1.82, 2.24) is 0 Å². The van der Waals surface area contributed by atoms with E-state index in [1.54, 1.807) is 6.07 Å². The van der Waals surface area contributed by atoms with E-state index in [0.29, 0.717) is 10.2 Å². The van der Waals surface area contributed by atoms with Crippen LogP contribution in [-0.4, -0.2) is 7.11 Å². The van der Waals surface area contributed by atoms with Gasteiger partial charge in [0.1, 0.15) is 11.2 Å². The fourth-order valence-corrected chi connectivity index (χ4v) is 3.17. The first kappa shape index (κ1) is 15.8. The molecule has 0 unspecified atom stereocenters. The molecule has 0 radical (unpaired) electrons. The van der Waals surface area contributed by atoms with E-state index >= 15 is 0 Å². The highest BCUT2D eigenvalue weighted by molar-refractivity contribution is 9.10. The van der Waals surface area contributed by atoms with Gasteiger partial charge in [-0.15, -0.1) is 0 Å². The molecule has 3 aromatic carbocycles. The van der Waals surface area contributed by atoms with E-state index in [1.807, 2.05) is 48.5 Å². The molecule has 0 spiro atoms. The smallest absolute Gasteiger partial charge is 0.166 e. The molecule has 0 atom stereocenters. The van der Waals surface area contributed by atoms with Gasteiger partial charge in [0.25, 0.3) is 0 Å². The summed E-state index contributed by atoms with van der Waals surface area (Å²) in [6.07, 6.45) is 0. The van der Waals surface area contributed by atoms with Crippen LogP contribution in [0.15, 0.2) is 74.5 Å². The number of hydrogen-bond acceptors (Lipinski definition) is 3. The lowest BCUT2D eigenvalue weighted by Gasteiger charge is -2.07. The molecule has 1 aromatic heterocycles. The number of rotatable bonds is 2. The molecule has 3 nitrogen and oxygen atoms in total. The predicted molar refractivity (Wildman–Crippen MR) is 99.6 cm³/mol. The summed E-state index contributed by atoms with van der Waals surface area (Å²) in [5, 5.41) is 2.54. The van der Waals surface area contributed by atoms with Crippen LogP contribution in [0.4, 0.5) is 10.1 Å². The number of halogens is 2. The van der Waals surface area contributed by atoms with Crippen molar-refractivity contribution in [3.05, 3.63) is 76.3 Å². The van der Waals surface area contributed by atoms with Crippen molar-refractivity contribution in [1.29, 1.82) is 0 Å². The van der Waals surface area contributed by atoms with Gasteiger partial charge in [-0.05, 0) is 46.3 Å². The van der Waals surface area contributed by atoms with Crippen molar-refractivity contribution >= 4 is 43.6 Å². The lowest BCUT2D eigenvalue weighted by molar-refractivity contribution is 0.386. The minimum Gasteiger partial charge on any atom is -0.494 e. The first-order chi connectivity index (χ1) is 12.2. The monoisotopic (exact) mass is 397 g/mol. The Morgan fingerprint density at radius 1 is 0.960 bits per heavy atom. The quantitative estimate of drug-likeness (QED) is 0.405. The Balaban J connectivity index is 2.13. The van der Waals surface area contributed by atoms with Crippen molar-refractivity contribution < 1.29 is 13.5 Å². The highest BCUT2D eigenvalue weighted by Gasteiger charge is 2.10. The van der Waals surface area contributed by atoms with E-state index in [-0.39, 0.29) is 5.75 Å². The molecular weight excluding hydrogens is 385 g/mol. The van der Waals surface area contributed by atoms with Gasteiger partial charge in [0.05, 0.1) is 18.2 Å². The number of para-hydroxylation sites is 2. The highest BCUT2D eigenvalue weighted by Crippen LogP contribution is 2.32. The number of methoxy groups -OCH3 is 1. The first-order valence-electron chi connectivity index (χ1n) is 7.66. The Kier molecular flexibility index (Phi) is 4.01. The van der Waals surface area contributed by atoms with E-state index in [2.05, 4.69) is 15.9 Å². The van der Waals surface area contributed by atoms with E-state index in [4.69, 9.17) is 14.1 Å². The molecule has 0 bridgehead atoms. The van der Waals surface area contributed by atoms with Gasteiger partial charge >= 0.3 is 0 Å². The van der Waals surface area contributed by atoms with E-state index in [9.17, 15) is 4.39 Å². The predicted octanol–water partition coefficient (Wildman–Crippen LogP) is 5.73. The molecule has 0 fully saturated rings. The van der Waals surface area contributed by atoms with Crippen LogP contribution in [-0.2, 0) is 0 Å². The molecular formula is C20H13BrFNO2. The minimum absolute atomic E-state index is 0.149. The number of benzene rings is 3. The van der Waals surface area contributed by atoms with E-state index < -0.39 is 5.82 Å². The molecule has 0 amide bonds. The van der Waals surface area contributed by atoms with E-state index in [0.717, 1.165) is 27.3 Å². The normalized spacial score (nSPS) is 11.0. The fraction of sp³-hybridized carbons (Fsp3) is 0.0500. The molecule has 0 saturated heterocycles. The highest BCUT2D eigenvalue weighted by atomic mass is 79.9. The summed E-state index contributed by atoms with van der Waals surface area (Å²) >= 11 is 3.38. The van der Waals surface area contributed by atoms with Gasteiger partial charge in [-0.3, -0.25) is 0 Å². The topological polar surface area (TPSA) is 34.7 Å². The maximum absolute atomic E-state index is 13.9. The van der Waals surface area contributed by atoms with Gasteiger partial charge in [-0.2, -0.15) is 0 Å². The summed E-state index contributed by atoms with van der Waals surface area (Å²) in [6.45, 7) is 0. The van der Waals surface area contributed by atoms with Crippen LogP contribution in [0.2, 0.25) is 0 Å². The van der Waals surface area contributed by atoms with Gasteiger partial charge in [0.15, 0.2) is 11.6 Å². The standard InChI is InChI=1S/C20H13BrFNO2/c1-24-19-11-16(14(21)10-15(19)22)23-20-12-6-2-4-8-17(12)25-18-9-5-3-7-13(18)20/h2-11H,1H3. The summed E-state index contributed by atoms with van der Waals surface area (Å²) in [5.41, 5.74) is 2.06. The maximum atomic E-state index is 13.9. The van der Waals surface area contributed by atoms with Gasteiger partial charge in [-0.1, -0.05) is 24.3 Å². The molecule has 5 heteroatoms. The van der Waals surface area contributed by atoms with Gasteiger partial charge in [0, 0.05) is 21.3 Å². The summed E-state index contributed by atoms with van der Waals surface area (Å²) in [5.74, 6) is -0.290. The molecule has 1 heterocycles. The third-order valence-electron chi connectivity index (χ3n) is 3.96. The maximum Gasteiger partial charge on any atom is 0.166 e. The third kappa shape index (κ3) is 2.81. The summed E-state index contributed by atoms with van der Waals surface area (Å²) in [4.78, 5) is 4.79. The fourth-order valence-electron chi connectivity index (χ4n) is 2.77. The minimum atomic E-state index is -0.439. The van der Waals surface area contributed by atoms with Crippen LogP contribution in [0.1, 0.15) is 0 Å². The van der Waals surface area contributed by atoms with Crippen LogP contribution < -0.4 is 10.1 Å². The van der Waals surface area contributed by atoms with Crippen LogP contribution in [0.5, 0.6) is 5.75 Å². The first-order valence-corrected chi connectivity index (χ1v) is 8.45. The van der Waals surface area contributed by atoms with Gasteiger partial charge in [0.2, 0.25) is 0 Å². The number of fused-ring (bicyclic) bond motifs is 2. The second-order valence-corrected chi connectivity index (χ2v) is 6.35. The van der Waals surface area contributed by atoms with Crippen molar-refractivity contribution in [2.24, 2.45) is 4.99 Å². The van der Waals surface area contributed by atoms with Crippen LogP contribution >= 0.6 is 15.9 Å². The largest absolute Gasteiger partial charge is 0.494 e. The second-order valence-electron chi connectivity index (χ2n) is 5.49. The van der Waals surface area contributed by atoms with Crippen LogP contribution in [0.3, 0.4) is 0 Å². The average molecular weight is 398 g/mol. The summed E-state index contributed by atoms with van der Waals surface area (Å²) in [6, 6.07) is 18.4. The Morgan fingerprint density at radius 2 is 1.56 bits per heavy atom. The lowest BCUT2D eigenvalue weighted by atomic mass is 10.1. The van der Waals surface area contributed by atoms with Crippen LogP contribution in [0.25, 0.3) is 21.9 Å². The van der Waals surface area contributed by atoms with E-state index in [1.165, 1.54) is 13.2 Å². The van der Waals surface area contributed by atoms with Gasteiger partial charge < -0.3 is 9.15 Å².